The second-order valence-electron chi connectivity index (χ2n) is 8.81. The van der Waals surface area contributed by atoms with Gasteiger partial charge in [0.25, 0.3) is 11.8 Å². The molecule has 0 radical (unpaired) electrons. The Morgan fingerprint density at radius 2 is 1.45 bits per heavy atom. The Morgan fingerprint density at radius 1 is 0.818 bits per heavy atom. The van der Waals surface area contributed by atoms with Gasteiger partial charge in [-0.3, -0.25) is 9.59 Å². The smallest absolute Gasteiger partial charge is 0.291 e. The number of fused-ring (bicyclic) bond motifs is 1. The standard InChI is InChI=1S/C27H26N2O4/c1-27(2,3)19-13-11-17(12-14-19)25(30)28-20-8-6-9-21(16-20)29-26(31)23-15-18-7-5-10-22(32-4)24(18)33-23/h5-16H,1-4H3,(H,28,30)(H,29,31). The summed E-state index contributed by atoms with van der Waals surface area (Å²) in [5, 5.41) is 6.46. The minimum absolute atomic E-state index is 0.0204. The number of amides is 2. The summed E-state index contributed by atoms with van der Waals surface area (Å²) in [4.78, 5) is 25.4. The normalized spacial score (nSPS) is 11.3. The number of carbonyl (C=O) groups excluding carboxylic acids is 2. The number of hydrogen-bond donors (Lipinski definition) is 2. The molecule has 1 aromatic heterocycles. The summed E-state index contributed by atoms with van der Waals surface area (Å²) in [6, 6.07) is 21.7. The van der Waals surface area contributed by atoms with Crippen LogP contribution >= 0.6 is 0 Å². The van der Waals surface area contributed by atoms with E-state index in [0.717, 1.165) is 10.9 Å². The van der Waals surface area contributed by atoms with Gasteiger partial charge in [-0.15, -0.1) is 0 Å². The maximum absolute atomic E-state index is 12.7. The molecule has 2 N–H and O–H groups in total. The Balaban J connectivity index is 1.47. The topological polar surface area (TPSA) is 80.6 Å². The fourth-order valence-corrected chi connectivity index (χ4v) is 3.50. The van der Waals surface area contributed by atoms with Gasteiger partial charge in [0.1, 0.15) is 0 Å². The van der Waals surface area contributed by atoms with Crippen molar-refractivity contribution in [2.24, 2.45) is 0 Å². The molecule has 6 nitrogen and oxygen atoms in total. The molecule has 0 saturated heterocycles. The van der Waals surface area contributed by atoms with E-state index in [0.29, 0.717) is 28.3 Å². The molecule has 0 aliphatic rings. The molecule has 0 unspecified atom stereocenters. The lowest BCUT2D eigenvalue weighted by atomic mass is 9.87. The summed E-state index contributed by atoms with van der Waals surface area (Å²) in [7, 11) is 1.55. The molecule has 3 aromatic carbocycles. The van der Waals surface area contributed by atoms with Crippen molar-refractivity contribution in [3.63, 3.8) is 0 Å². The number of nitrogens with one attached hydrogen (secondary N) is 2. The van der Waals surface area contributed by atoms with Crippen molar-refractivity contribution >= 4 is 34.2 Å². The summed E-state index contributed by atoms with van der Waals surface area (Å²) in [6.45, 7) is 6.39. The molecule has 1 heterocycles. The lowest BCUT2D eigenvalue weighted by Crippen LogP contribution is -2.15. The molecule has 33 heavy (non-hydrogen) atoms. The molecule has 0 aliphatic carbocycles. The summed E-state index contributed by atoms with van der Waals surface area (Å²) in [6.07, 6.45) is 0. The Bertz CT molecular complexity index is 1310. The monoisotopic (exact) mass is 442 g/mol. The quantitative estimate of drug-likeness (QED) is 0.383. The van der Waals surface area contributed by atoms with Gasteiger partial charge in [-0.1, -0.05) is 51.1 Å². The Morgan fingerprint density at radius 3 is 2.09 bits per heavy atom. The van der Waals surface area contributed by atoms with E-state index in [1.54, 1.807) is 43.5 Å². The molecule has 168 valence electrons. The summed E-state index contributed by atoms with van der Waals surface area (Å²) < 4.78 is 11.0. The molecule has 0 atom stereocenters. The molecule has 6 heteroatoms. The van der Waals surface area contributed by atoms with Crippen molar-refractivity contribution in [1.29, 1.82) is 0 Å². The first-order valence-corrected chi connectivity index (χ1v) is 10.6. The number of furan rings is 1. The third-order valence-electron chi connectivity index (χ3n) is 5.34. The predicted octanol–water partition coefficient (Wildman–Crippen LogP) is 6.24. The van der Waals surface area contributed by atoms with Crippen LogP contribution in [0.5, 0.6) is 5.75 Å². The number of para-hydroxylation sites is 1. The summed E-state index contributed by atoms with van der Waals surface area (Å²) in [5.74, 6) is 0.118. The lowest BCUT2D eigenvalue weighted by Gasteiger charge is -2.19. The zero-order valence-electron chi connectivity index (χ0n) is 19.1. The van der Waals surface area contributed by atoms with Gasteiger partial charge in [0.15, 0.2) is 17.1 Å². The average molecular weight is 443 g/mol. The fraction of sp³-hybridized carbons (Fsp3) is 0.185. The van der Waals surface area contributed by atoms with Crippen LogP contribution in [0.25, 0.3) is 11.0 Å². The van der Waals surface area contributed by atoms with Gasteiger partial charge >= 0.3 is 0 Å². The van der Waals surface area contributed by atoms with E-state index in [2.05, 4.69) is 31.4 Å². The van der Waals surface area contributed by atoms with E-state index in [1.165, 1.54) is 0 Å². The maximum atomic E-state index is 12.7. The predicted molar refractivity (Wildman–Crippen MR) is 130 cm³/mol. The van der Waals surface area contributed by atoms with Crippen LogP contribution in [0.1, 0.15) is 47.2 Å². The third-order valence-corrected chi connectivity index (χ3v) is 5.34. The summed E-state index contributed by atoms with van der Waals surface area (Å²) >= 11 is 0. The molecule has 0 bridgehead atoms. The van der Waals surface area contributed by atoms with Crippen LogP contribution in [0.2, 0.25) is 0 Å². The minimum atomic E-state index is -0.394. The molecule has 0 spiro atoms. The Hall–Kier alpha value is -4.06. The SMILES string of the molecule is COc1cccc2cc(C(=O)Nc3cccc(NC(=O)c4ccc(C(C)(C)C)cc4)c3)oc12. The number of anilines is 2. The van der Waals surface area contributed by atoms with Crippen molar-refractivity contribution in [3.05, 3.63) is 89.7 Å². The largest absolute Gasteiger partial charge is 0.493 e. The highest BCUT2D eigenvalue weighted by Gasteiger charge is 2.16. The van der Waals surface area contributed by atoms with Gasteiger partial charge in [-0.2, -0.15) is 0 Å². The highest BCUT2D eigenvalue weighted by Crippen LogP contribution is 2.29. The molecule has 4 rings (SSSR count). The second-order valence-corrected chi connectivity index (χ2v) is 8.81. The van der Waals surface area contributed by atoms with E-state index in [9.17, 15) is 9.59 Å². The molecular weight excluding hydrogens is 416 g/mol. The first-order valence-electron chi connectivity index (χ1n) is 10.6. The van der Waals surface area contributed by atoms with Crippen molar-refractivity contribution in [2.75, 3.05) is 17.7 Å². The molecule has 2 amide bonds. The van der Waals surface area contributed by atoms with E-state index in [4.69, 9.17) is 9.15 Å². The lowest BCUT2D eigenvalue weighted by molar-refractivity contribution is 0.0996. The zero-order chi connectivity index (χ0) is 23.6. The van der Waals surface area contributed by atoms with Gasteiger partial charge in [0.05, 0.1) is 7.11 Å². The van der Waals surface area contributed by atoms with Crippen molar-refractivity contribution in [2.45, 2.75) is 26.2 Å². The first kappa shape index (κ1) is 22.1. The van der Waals surface area contributed by atoms with Crippen LogP contribution < -0.4 is 15.4 Å². The first-order chi connectivity index (χ1) is 15.7. The maximum Gasteiger partial charge on any atom is 0.291 e. The van der Waals surface area contributed by atoms with Crippen LogP contribution in [0.15, 0.2) is 77.2 Å². The van der Waals surface area contributed by atoms with Gasteiger partial charge in [0.2, 0.25) is 0 Å². The van der Waals surface area contributed by atoms with Crippen LogP contribution in [0.4, 0.5) is 11.4 Å². The molecular formula is C27H26N2O4. The van der Waals surface area contributed by atoms with E-state index >= 15 is 0 Å². The van der Waals surface area contributed by atoms with Gasteiger partial charge < -0.3 is 19.8 Å². The van der Waals surface area contributed by atoms with E-state index in [-0.39, 0.29) is 17.1 Å². The highest BCUT2D eigenvalue weighted by molar-refractivity contribution is 6.06. The molecule has 0 aliphatic heterocycles. The number of hydrogen-bond acceptors (Lipinski definition) is 4. The molecule has 4 aromatic rings. The number of carbonyl (C=O) groups is 2. The fourth-order valence-electron chi connectivity index (χ4n) is 3.50. The van der Waals surface area contributed by atoms with Crippen LogP contribution in [-0.4, -0.2) is 18.9 Å². The van der Waals surface area contributed by atoms with E-state index < -0.39 is 5.91 Å². The summed E-state index contributed by atoms with van der Waals surface area (Å²) in [5.41, 5.74) is 3.37. The zero-order valence-corrected chi connectivity index (χ0v) is 19.1. The highest BCUT2D eigenvalue weighted by atomic mass is 16.5. The van der Waals surface area contributed by atoms with Gasteiger partial charge in [-0.25, -0.2) is 0 Å². The van der Waals surface area contributed by atoms with Crippen molar-refractivity contribution in [1.82, 2.24) is 0 Å². The number of methoxy groups -OCH3 is 1. The van der Waals surface area contributed by atoms with Crippen molar-refractivity contribution in [3.8, 4) is 5.75 Å². The number of ether oxygens (including phenoxy) is 1. The van der Waals surface area contributed by atoms with Crippen LogP contribution in [0, 0.1) is 0 Å². The molecule has 0 fully saturated rings. The van der Waals surface area contributed by atoms with Crippen molar-refractivity contribution < 1.29 is 18.7 Å². The van der Waals surface area contributed by atoms with Crippen LogP contribution in [0.3, 0.4) is 0 Å². The Labute approximate surface area is 192 Å². The average Bonchev–Trinajstić information content (AvgIpc) is 3.23. The third kappa shape index (κ3) is 4.90. The van der Waals surface area contributed by atoms with E-state index in [1.807, 2.05) is 36.4 Å². The minimum Gasteiger partial charge on any atom is -0.493 e. The van der Waals surface area contributed by atoms with Gasteiger partial charge in [-0.05, 0) is 53.4 Å². The second kappa shape index (κ2) is 8.82. The Kier molecular flexibility index (Phi) is 5.92. The van der Waals surface area contributed by atoms with Gasteiger partial charge in [0, 0.05) is 22.3 Å². The molecule has 0 saturated carbocycles. The number of benzene rings is 3. The van der Waals surface area contributed by atoms with Crippen LogP contribution in [-0.2, 0) is 5.41 Å². The number of rotatable bonds is 5.